The number of carbonyl (C=O) groups excluding carboxylic acids is 1. The van der Waals surface area contributed by atoms with Crippen LogP contribution in [0.4, 0.5) is 0 Å². The monoisotopic (exact) mass is 376 g/mol. The van der Waals surface area contributed by atoms with Crippen LogP contribution in [0.15, 0.2) is 53.6 Å². The summed E-state index contributed by atoms with van der Waals surface area (Å²) in [6, 6.07) is 13.4. The van der Waals surface area contributed by atoms with Gasteiger partial charge in [0.25, 0.3) is 5.56 Å². The Labute approximate surface area is 161 Å². The summed E-state index contributed by atoms with van der Waals surface area (Å²) in [5, 5.41) is 3.72. The highest BCUT2D eigenvalue weighted by molar-refractivity contribution is 6.04. The number of benzene rings is 2. The van der Waals surface area contributed by atoms with Crippen molar-refractivity contribution in [1.82, 2.24) is 19.9 Å². The van der Waals surface area contributed by atoms with Crippen molar-refractivity contribution in [2.75, 3.05) is 7.11 Å². The van der Waals surface area contributed by atoms with Crippen LogP contribution < -0.4 is 15.6 Å². The maximum Gasteiger partial charge on any atom is 0.278 e. The number of nitrogens with zero attached hydrogens (tertiary/aromatic N) is 2. The van der Waals surface area contributed by atoms with E-state index in [2.05, 4.69) is 15.3 Å². The zero-order chi connectivity index (χ0) is 19.7. The van der Waals surface area contributed by atoms with Crippen LogP contribution in [0.5, 0.6) is 5.75 Å². The number of aryl methyl sites for hydroxylation is 1. The number of aromatic amines is 1. The minimum absolute atomic E-state index is 0.106. The highest BCUT2D eigenvalue weighted by atomic mass is 16.5. The van der Waals surface area contributed by atoms with E-state index in [9.17, 15) is 9.59 Å². The first-order valence-electron chi connectivity index (χ1n) is 8.93. The Bertz CT molecular complexity index is 1240. The van der Waals surface area contributed by atoms with E-state index < -0.39 is 0 Å². The topological polar surface area (TPSA) is 89.0 Å². The predicted molar refractivity (Wildman–Crippen MR) is 107 cm³/mol. The average molecular weight is 376 g/mol. The van der Waals surface area contributed by atoms with Crippen LogP contribution in [0, 0.1) is 6.92 Å². The Morgan fingerprint density at radius 3 is 2.89 bits per heavy atom. The third-order valence-corrected chi connectivity index (χ3v) is 4.71. The number of rotatable bonds is 5. The molecule has 0 saturated carbocycles. The molecule has 0 radical (unpaired) electrons. The van der Waals surface area contributed by atoms with Gasteiger partial charge in [0.2, 0.25) is 5.91 Å². The number of hydrogen-bond acceptors (Lipinski definition) is 4. The van der Waals surface area contributed by atoms with Crippen molar-refractivity contribution in [3.05, 3.63) is 70.3 Å². The third kappa shape index (κ3) is 3.22. The van der Waals surface area contributed by atoms with Crippen molar-refractivity contribution in [3.8, 4) is 5.75 Å². The maximum atomic E-state index is 12.8. The van der Waals surface area contributed by atoms with Gasteiger partial charge >= 0.3 is 0 Å². The molecule has 2 heterocycles. The minimum Gasteiger partial charge on any atom is -0.496 e. The summed E-state index contributed by atoms with van der Waals surface area (Å²) in [6.07, 6.45) is 1.42. The van der Waals surface area contributed by atoms with Crippen LogP contribution in [0.25, 0.3) is 21.9 Å². The number of aromatic nitrogens is 3. The number of para-hydroxylation sites is 1. The molecule has 2 aromatic heterocycles. The van der Waals surface area contributed by atoms with Crippen LogP contribution in [0.2, 0.25) is 0 Å². The van der Waals surface area contributed by atoms with Gasteiger partial charge in [-0.25, -0.2) is 4.98 Å². The zero-order valence-corrected chi connectivity index (χ0v) is 15.7. The number of H-pyrrole nitrogens is 1. The summed E-state index contributed by atoms with van der Waals surface area (Å²) in [5.41, 5.74) is 3.56. The molecule has 142 valence electrons. The highest BCUT2D eigenvalue weighted by Gasteiger charge is 2.13. The molecule has 1 amide bonds. The summed E-state index contributed by atoms with van der Waals surface area (Å²) < 4.78 is 6.59. The van der Waals surface area contributed by atoms with Crippen LogP contribution in [-0.2, 0) is 17.9 Å². The van der Waals surface area contributed by atoms with Gasteiger partial charge < -0.3 is 15.0 Å². The van der Waals surface area contributed by atoms with Crippen molar-refractivity contribution >= 4 is 27.8 Å². The van der Waals surface area contributed by atoms with Crippen LogP contribution >= 0.6 is 0 Å². The number of fused-ring (bicyclic) bond motifs is 3. The molecule has 4 rings (SSSR count). The Kier molecular flexibility index (Phi) is 4.57. The van der Waals surface area contributed by atoms with E-state index in [0.29, 0.717) is 23.3 Å². The molecule has 0 aliphatic rings. The van der Waals surface area contributed by atoms with E-state index in [1.807, 2.05) is 49.4 Å². The quantitative estimate of drug-likeness (QED) is 0.560. The minimum atomic E-state index is -0.277. The zero-order valence-electron chi connectivity index (χ0n) is 15.7. The van der Waals surface area contributed by atoms with Crippen molar-refractivity contribution < 1.29 is 9.53 Å². The molecule has 7 nitrogen and oxygen atoms in total. The summed E-state index contributed by atoms with van der Waals surface area (Å²) in [7, 11) is 1.59. The van der Waals surface area contributed by atoms with Crippen LogP contribution in [0.3, 0.4) is 0 Å². The van der Waals surface area contributed by atoms with E-state index in [1.165, 1.54) is 10.9 Å². The lowest BCUT2D eigenvalue weighted by Crippen LogP contribution is -2.32. The number of methoxy groups -OCH3 is 1. The number of carbonyl (C=O) groups is 1. The molecule has 0 aliphatic heterocycles. The molecule has 0 atom stereocenters. The first-order chi connectivity index (χ1) is 13.6. The number of amides is 1. The third-order valence-electron chi connectivity index (χ3n) is 4.71. The fourth-order valence-electron chi connectivity index (χ4n) is 3.27. The van der Waals surface area contributed by atoms with Gasteiger partial charge in [-0.05, 0) is 25.1 Å². The van der Waals surface area contributed by atoms with Gasteiger partial charge in [0.15, 0.2) is 0 Å². The summed E-state index contributed by atoms with van der Waals surface area (Å²) in [4.78, 5) is 32.6. The van der Waals surface area contributed by atoms with Gasteiger partial charge in [-0.3, -0.25) is 14.2 Å². The lowest BCUT2D eigenvalue weighted by Gasteiger charge is -2.10. The second-order valence-electron chi connectivity index (χ2n) is 6.66. The van der Waals surface area contributed by atoms with Gasteiger partial charge in [0.1, 0.15) is 23.3 Å². The van der Waals surface area contributed by atoms with E-state index in [0.717, 1.165) is 22.0 Å². The second-order valence-corrected chi connectivity index (χ2v) is 6.66. The Morgan fingerprint density at radius 2 is 2.07 bits per heavy atom. The Morgan fingerprint density at radius 1 is 1.25 bits per heavy atom. The van der Waals surface area contributed by atoms with Gasteiger partial charge in [-0.1, -0.05) is 29.8 Å². The molecule has 0 bridgehead atoms. The summed E-state index contributed by atoms with van der Waals surface area (Å²) in [6.45, 7) is 2.20. The van der Waals surface area contributed by atoms with Gasteiger partial charge in [0.05, 0.1) is 13.4 Å². The van der Waals surface area contributed by atoms with Crippen LogP contribution in [0.1, 0.15) is 11.1 Å². The van der Waals surface area contributed by atoms with Crippen molar-refractivity contribution in [2.45, 2.75) is 20.0 Å². The molecular weight excluding hydrogens is 356 g/mol. The van der Waals surface area contributed by atoms with E-state index in [-0.39, 0.29) is 18.0 Å². The van der Waals surface area contributed by atoms with Crippen LogP contribution in [-0.4, -0.2) is 27.6 Å². The first-order valence-corrected chi connectivity index (χ1v) is 8.93. The normalized spacial score (nSPS) is 11.1. The van der Waals surface area contributed by atoms with Gasteiger partial charge in [0, 0.05) is 23.0 Å². The average Bonchev–Trinajstić information content (AvgIpc) is 3.07. The first kappa shape index (κ1) is 17.8. The van der Waals surface area contributed by atoms with E-state index >= 15 is 0 Å². The molecule has 0 unspecified atom stereocenters. The Hall–Kier alpha value is -3.61. The maximum absolute atomic E-state index is 12.8. The molecule has 28 heavy (non-hydrogen) atoms. The Balaban J connectivity index is 1.56. The molecule has 0 spiro atoms. The summed E-state index contributed by atoms with van der Waals surface area (Å²) in [5.74, 6) is 0.428. The molecule has 0 saturated heterocycles. The van der Waals surface area contributed by atoms with E-state index in [4.69, 9.17) is 4.74 Å². The molecule has 0 aliphatic carbocycles. The largest absolute Gasteiger partial charge is 0.496 e. The van der Waals surface area contributed by atoms with Crippen molar-refractivity contribution in [3.63, 3.8) is 0 Å². The smallest absolute Gasteiger partial charge is 0.278 e. The molecule has 2 aromatic carbocycles. The number of nitrogens with one attached hydrogen (secondary N) is 2. The predicted octanol–water partition coefficient (Wildman–Crippen LogP) is 2.51. The number of ether oxygens (including phenoxy) is 1. The number of hydrogen-bond donors (Lipinski definition) is 2. The molecule has 7 heteroatoms. The second kappa shape index (κ2) is 7.19. The lowest BCUT2D eigenvalue weighted by molar-refractivity contribution is -0.121. The summed E-state index contributed by atoms with van der Waals surface area (Å²) >= 11 is 0. The highest BCUT2D eigenvalue weighted by Crippen LogP contribution is 2.22. The van der Waals surface area contributed by atoms with E-state index in [1.54, 1.807) is 7.11 Å². The van der Waals surface area contributed by atoms with Gasteiger partial charge in [-0.15, -0.1) is 0 Å². The van der Waals surface area contributed by atoms with Crippen molar-refractivity contribution in [1.29, 1.82) is 0 Å². The fourth-order valence-corrected chi connectivity index (χ4v) is 3.27. The molecule has 0 fully saturated rings. The lowest BCUT2D eigenvalue weighted by atomic mass is 10.2. The molecule has 4 aromatic rings. The fraction of sp³-hybridized carbons (Fsp3) is 0.190. The SMILES string of the molecule is COc1ccccc1CNC(=O)Cn1cnc2c([nH]c3ccc(C)cc32)c1=O. The molecule has 2 N–H and O–H groups in total. The van der Waals surface area contributed by atoms with Gasteiger partial charge in [-0.2, -0.15) is 0 Å². The standard InChI is InChI=1S/C21H20N4O3/c1-13-7-8-16-15(9-13)19-20(24-16)21(27)25(12-23-19)11-18(26)22-10-14-5-3-4-6-17(14)28-2/h3-9,12,24H,10-11H2,1-2H3,(H,22,26). The van der Waals surface area contributed by atoms with Crippen molar-refractivity contribution in [2.24, 2.45) is 0 Å². The molecular formula is C21H20N4O3.